The fourth-order valence-corrected chi connectivity index (χ4v) is 3.39. The molecular weight excluding hydrogens is 382 g/mol. The first-order valence-corrected chi connectivity index (χ1v) is 9.01. The van der Waals surface area contributed by atoms with Crippen molar-refractivity contribution in [1.82, 2.24) is 15.0 Å². The van der Waals surface area contributed by atoms with E-state index in [1.807, 2.05) is 13.8 Å². The number of carbonyl (C=O) groups is 1. The van der Waals surface area contributed by atoms with Crippen LogP contribution in [0.1, 0.15) is 26.7 Å². The second kappa shape index (κ2) is 8.07. The monoisotopic (exact) mass is 397 g/mol. The van der Waals surface area contributed by atoms with Crippen molar-refractivity contribution in [3.63, 3.8) is 0 Å². The van der Waals surface area contributed by atoms with Crippen LogP contribution in [0.2, 0.25) is 5.15 Å². The standard InChI is InChI=1S/C12H17BrClN3O3S/c1-3-8(2)17-11(18)4-5-16-21(19,20)10-6-9(13)7-15-12(10)14/h6-8,16H,3-5H2,1-2H3,(H,17,18). The highest BCUT2D eigenvalue weighted by atomic mass is 79.9. The molecule has 1 amide bonds. The maximum atomic E-state index is 12.1. The SMILES string of the molecule is CCC(C)NC(=O)CCNS(=O)(=O)c1cc(Br)cnc1Cl. The van der Waals surface area contributed by atoms with Crippen LogP contribution in [0.5, 0.6) is 0 Å². The summed E-state index contributed by atoms with van der Waals surface area (Å²) in [5.41, 5.74) is 0. The number of halogens is 2. The van der Waals surface area contributed by atoms with Crippen molar-refractivity contribution in [2.45, 2.75) is 37.6 Å². The molecule has 0 radical (unpaired) electrons. The van der Waals surface area contributed by atoms with Crippen LogP contribution in [-0.2, 0) is 14.8 Å². The molecule has 0 saturated carbocycles. The van der Waals surface area contributed by atoms with Gasteiger partial charge in [-0.15, -0.1) is 0 Å². The Kier molecular flexibility index (Phi) is 7.05. The molecule has 1 atom stereocenters. The number of hydrogen-bond acceptors (Lipinski definition) is 4. The van der Waals surface area contributed by atoms with E-state index in [-0.39, 0.29) is 35.0 Å². The second-order valence-electron chi connectivity index (χ2n) is 4.47. The van der Waals surface area contributed by atoms with Crippen LogP contribution in [0.15, 0.2) is 21.6 Å². The van der Waals surface area contributed by atoms with Gasteiger partial charge < -0.3 is 5.32 Å². The van der Waals surface area contributed by atoms with Crippen LogP contribution in [-0.4, -0.2) is 31.9 Å². The summed E-state index contributed by atoms with van der Waals surface area (Å²) in [7, 11) is -3.80. The number of carbonyl (C=O) groups excluding carboxylic acids is 1. The van der Waals surface area contributed by atoms with E-state index >= 15 is 0 Å². The van der Waals surface area contributed by atoms with Crippen LogP contribution in [0.25, 0.3) is 0 Å². The van der Waals surface area contributed by atoms with Gasteiger partial charge in [-0.1, -0.05) is 18.5 Å². The molecule has 1 rings (SSSR count). The Labute approximate surface area is 137 Å². The zero-order valence-electron chi connectivity index (χ0n) is 11.7. The predicted octanol–water partition coefficient (Wildman–Crippen LogP) is 2.08. The van der Waals surface area contributed by atoms with Gasteiger partial charge in [-0.25, -0.2) is 18.1 Å². The summed E-state index contributed by atoms with van der Waals surface area (Å²) in [6, 6.07) is 1.43. The van der Waals surface area contributed by atoms with Crippen molar-refractivity contribution >= 4 is 43.5 Å². The Morgan fingerprint density at radius 3 is 2.81 bits per heavy atom. The molecule has 0 aromatic carbocycles. The third-order valence-electron chi connectivity index (χ3n) is 2.73. The molecule has 6 nitrogen and oxygen atoms in total. The van der Waals surface area contributed by atoms with Gasteiger partial charge in [0.1, 0.15) is 10.0 Å². The molecule has 118 valence electrons. The van der Waals surface area contributed by atoms with E-state index in [2.05, 4.69) is 31.0 Å². The summed E-state index contributed by atoms with van der Waals surface area (Å²) in [6.45, 7) is 3.83. The van der Waals surface area contributed by atoms with Gasteiger partial charge in [0.25, 0.3) is 0 Å². The van der Waals surface area contributed by atoms with Gasteiger partial charge in [0.15, 0.2) is 0 Å². The summed E-state index contributed by atoms with van der Waals surface area (Å²) < 4.78 is 27.0. The molecule has 21 heavy (non-hydrogen) atoms. The molecule has 0 aliphatic rings. The highest BCUT2D eigenvalue weighted by Gasteiger charge is 2.19. The van der Waals surface area contributed by atoms with E-state index in [9.17, 15) is 13.2 Å². The topological polar surface area (TPSA) is 88.2 Å². The van der Waals surface area contributed by atoms with Crippen LogP contribution in [0, 0.1) is 0 Å². The minimum atomic E-state index is -3.80. The molecule has 9 heteroatoms. The average molecular weight is 399 g/mol. The number of amides is 1. The van der Waals surface area contributed by atoms with E-state index < -0.39 is 10.0 Å². The molecule has 1 aromatic rings. The van der Waals surface area contributed by atoms with Crippen LogP contribution in [0.4, 0.5) is 0 Å². The van der Waals surface area contributed by atoms with Crippen molar-refractivity contribution in [2.24, 2.45) is 0 Å². The molecule has 0 saturated heterocycles. The van der Waals surface area contributed by atoms with Crippen molar-refractivity contribution in [3.05, 3.63) is 21.9 Å². The third-order valence-corrected chi connectivity index (χ3v) is 5.05. The maximum Gasteiger partial charge on any atom is 0.243 e. The first-order valence-electron chi connectivity index (χ1n) is 6.36. The minimum Gasteiger partial charge on any atom is -0.354 e. The van der Waals surface area contributed by atoms with E-state index in [4.69, 9.17) is 11.6 Å². The lowest BCUT2D eigenvalue weighted by Crippen LogP contribution is -2.35. The number of nitrogens with zero attached hydrogens (tertiary/aromatic N) is 1. The fourth-order valence-electron chi connectivity index (χ4n) is 1.42. The Bertz CT molecular complexity index is 610. The van der Waals surface area contributed by atoms with E-state index in [1.165, 1.54) is 12.3 Å². The van der Waals surface area contributed by atoms with E-state index in [1.54, 1.807) is 0 Å². The van der Waals surface area contributed by atoms with Gasteiger partial charge in [-0.3, -0.25) is 4.79 Å². The number of nitrogens with one attached hydrogen (secondary N) is 2. The minimum absolute atomic E-state index is 0.00650. The number of hydrogen-bond donors (Lipinski definition) is 2. The van der Waals surface area contributed by atoms with Crippen molar-refractivity contribution in [1.29, 1.82) is 0 Å². The van der Waals surface area contributed by atoms with Crippen molar-refractivity contribution < 1.29 is 13.2 Å². The summed E-state index contributed by atoms with van der Waals surface area (Å²) >= 11 is 8.92. The highest BCUT2D eigenvalue weighted by Crippen LogP contribution is 2.22. The summed E-state index contributed by atoms with van der Waals surface area (Å²) in [6.07, 6.45) is 2.28. The lowest BCUT2D eigenvalue weighted by atomic mass is 10.2. The zero-order chi connectivity index (χ0) is 16.0. The molecule has 1 heterocycles. The molecule has 2 N–H and O–H groups in total. The largest absolute Gasteiger partial charge is 0.354 e. The third kappa shape index (κ3) is 5.90. The lowest BCUT2D eigenvalue weighted by Gasteiger charge is -2.12. The fraction of sp³-hybridized carbons (Fsp3) is 0.500. The van der Waals surface area contributed by atoms with Crippen molar-refractivity contribution in [3.8, 4) is 0 Å². The molecule has 0 fully saturated rings. The summed E-state index contributed by atoms with van der Waals surface area (Å²) in [5.74, 6) is -0.203. The quantitative estimate of drug-likeness (QED) is 0.688. The molecule has 1 aromatic heterocycles. The lowest BCUT2D eigenvalue weighted by molar-refractivity contribution is -0.121. The molecule has 0 aliphatic carbocycles. The molecular formula is C12H17BrClN3O3S. The van der Waals surface area contributed by atoms with Crippen molar-refractivity contribution in [2.75, 3.05) is 6.54 Å². The second-order valence-corrected chi connectivity index (χ2v) is 7.48. The predicted molar refractivity (Wildman–Crippen MR) is 84.6 cm³/mol. The van der Waals surface area contributed by atoms with Gasteiger partial charge in [0.05, 0.1) is 0 Å². The maximum absolute atomic E-state index is 12.1. The summed E-state index contributed by atoms with van der Waals surface area (Å²) in [5, 5.41) is 2.64. The number of rotatable bonds is 7. The van der Waals surface area contributed by atoms with E-state index in [0.29, 0.717) is 4.47 Å². The molecule has 0 spiro atoms. The van der Waals surface area contributed by atoms with Crippen LogP contribution < -0.4 is 10.0 Å². The van der Waals surface area contributed by atoms with Gasteiger partial charge >= 0.3 is 0 Å². The van der Waals surface area contributed by atoms with E-state index in [0.717, 1.165) is 6.42 Å². The Morgan fingerprint density at radius 2 is 2.19 bits per heavy atom. The van der Waals surface area contributed by atoms with Gasteiger partial charge in [-0.05, 0) is 35.3 Å². The first kappa shape index (κ1) is 18.3. The van der Waals surface area contributed by atoms with Gasteiger partial charge in [0, 0.05) is 29.7 Å². The van der Waals surface area contributed by atoms with Crippen LogP contribution in [0.3, 0.4) is 0 Å². The Balaban J connectivity index is 2.62. The highest BCUT2D eigenvalue weighted by molar-refractivity contribution is 9.10. The smallest absolute Gasteiger partial charge is 0.243 e. The summed E-state index contributed by atoms with van der Waals surface area (Å²) in [4.78, 5) is 15.2. The molecule has 0 aliphatic heterocycles. The first-order chi connectivity index (χ1) is 9.76. The van der Waals surface area contributed by atoms with Gasteiger partial charge in [0.2, 0.25) is 15.9 Å². The normalized spacial score (nSPS) is 13.0. The molecule has 0 bridgehead atoms. The number of pyridine rings is 1. The van der Waals surface area contributed by atoms with Gasteiger partial charge in [-0.2, -0.15) is 0 Å². The Morgan fingerprint density at radius 1 is 1.52 bits per heavy atom. The number of aromatic nitrogens is 1. The zero-order valence-corrected chi connectivity index (χ0v) is 14.8. The average Bonchev–Trinajstić information content (AvgIpc) is 2.40. The Hall–Kier alpha value is -0.700. The molecule has 1 unspecified atom stereocenters. The van der Waals surface area contributed by atoms with Crippen LogP contribution >= 0.6 is 27.5 Å². The number of sulfonamides is 1.